The fourth-order valence-corrected chi connectivity index (χ4v) is 2.66. The van der Waals surface area contributed by atoms with E-state index in [0.717, 1.165) is 35.5 Å². The number of ketones is 1. The number of benzene rings is 1. The molecule has 1 aliphatic carbocycles. The van der Waals surface area contributed by atoms with E-state index in [1.54, 1.807) is 19.5 Å². The van der Waals surface area contributed by atoms with Crippen molar-refractivity contribution >= 4 is 5.78 Å². The molecular formula is C15H16N2O2. The predicted molar refractivity (Wildman–Crippen MR) is 71.4 cm³/mol. The van der Waals surface area contributed by atoms with Crippen LogP contribution >= 0.6 is 0 Å². The number of H-pyrrole nitrogens is 1. The van der Waals surface area contributed by atoms with E-state index in [9.17, 15) is 4.79 Å². The summed E-state index contributed by atoms with van der Waals surface area (Å²) >= 11 is 0. The zero-order chi connectivity index (χ0) is 13.2. The Bertz CT molecular complexity index is 590. The molecule has 2 aromatic rings. The molecule has 1 aromatic carbocycles. The molecule has 98 valence electrons. The second-order valence-electron chi connectivity index (χ2n) is 4.86. The summed E-state index contributed by atoms with van der Waals surface area (Å²) < 4.78 is 5.20. The molecule has 4 heteroatoms. The molecular weight excluding hydrogens is 240 g/mol. The fraction of sp³-hybridized carbons (Fsp3) is 0.333. The average molecular weight is 256 g/mol. The number of hydrogen-bond donors (Lipinski definition) is 1. The molecule has 1 unspecified atom stereocenters. The van der Waals surface area contributed by atoms with Crippen LogP contribution in [0, 0.1) is 5.92 Å². The Morgan fingerprint density at radius 1 is 1.47 bits per heavy atom. The average Bonchev–Trinajstić information content (AvgIpc) is 2.94. The molecule has 0 amide bonds. The third-order valence-corrected chi connectivity index (χ3v) is 3.71. The van der Waals surface area contributed by atoms with Gasteiger partial charge in [-0.1, -0.05) is 0 Å². The molecule has 0 radical (unpaired) electrons. The normalized spacial score (nSPS) is 18.2. The van der Waals surface area contributed by atoms with E-state index in [2.05, 4.69) is 9.97 Å². The molecule has 0 saturated carbocycles. The summed E-state index contributed by atoms with van der Waals surface area (Å²) in [5, 5.41) is 0. The number of nitrogens with one attached hydrogen (secondary N) is 1. The van der Waals surface area contributed by atoms with Gasteiger partial charge in [-0.25, -0.2) is 4.98 Å². The molecule has 1 aromatic heterocycles. The summed E-state index contributed by atoms with van der Waals surface area (Å²) in [6.07, 6.45) is 6.00. The van der Waals surface area contributed by atoms with Crippen LogP contribution in [0.25, 0.3) is 0 Å². The zero-order valence-electron chi connectivity index (χ0n) is 10.8. The van der Waals surface area contributed by atoms with Gasteiger partial charge in [0.25, 0.3) is 0 Å². The van der Waals surface area contributed by atoms with Crippen LogP contribution in [0.3, 0.4) is 0 Å². The zero-order valence-corrected chi connectivity index (χ0v) is 10.8. The van der Waals surface area contributed by atoms with Crippen LogP contribution in [0.1, 0.15) is 28.2 Å². The minimum atomic E-state index is 0.0343. The van der Waals surface area contributed by atoms with Crippen LogP contribution in [0.15, 0.2) is 30.6 Å². The van der Waals surface area contributed by atoms with Crippen molar-refractivity contribution in [2.75, 3.05) is 7.11 Å². The maximum atomic E-state index is 12.5. The van der Waals surface area contributed by atoms with Gasteiger partial charge in [-0.3, -0.25) is 4.79 Å². The minimum absolute atomic E-state index is 0.0343. The number of aromatic nitrogens is 2. The number of ether oxygens (including phenoxy) is 1. The van der Waals surface area contributed by atoms with Crippen LogP contribution < -0.4 is 4.74 Å². The molecule has 0 fully saturated rings. The highest BCUT2D eigenvalue weighted by atomic mass is 16.5. The number of methoxy groups -OCH3 is 1. The molecule has 4 nitrogen and oxygen atoms in total. The van der Waals surface area contributed by atoms with Crippen molar-refractivity contribution in [1.29, 1.82) is 0 Å². The van der Waals surface area contributed by atoms with Crippen molar-refractivity contribution in [2.24, 2.45) is 5.92 Å². The monoisotopic (exact) mass is 256 g/mol. The fourth-order valence-electron chi connectivity index (χ4n) is 2.66. The van der Waals surface area contributed by atoms with E-state index < -0.39 is 0 Å². The Hall–Kier alpha value is -2.10. The summed E-state index contributed by atoms with van der Waals surface area (Å²) in [5.41, 5.74) is 1.93. The largest absolute Gasteiger partial charge is 0.497 e. The summed E-state index contributed by atoms with van der Waals surface area (Å²) in [5.74, 6) is 1.96. The second kappa shape index (κ2) is 4.88. The maximum absolute atomic E-state index is 12.5. The Morgan fingerprint density at radius 3 is 3.11 bits per heavy atom. The minimum Gasteiger partial charge on any atom is -0.497 e. The van der Waals surface area contributed by atoms with Crippen LogP contribution in [-0.4, -0.2) is 22.9 Å². The lowest BCUT2D eigenvalue weighted by molar-refractivity contribution is 0.0900. The van der Waals surface area contributed by atoms with Crippen molar-refractivity contribution in [1.82, 2.24) is 9.97 Å². The number of hydrogen-bond acceptors (Lipinski definition) is 3. The van der Waals surface area contributed by atoms with Crippen LogP contribution in [0.5, 0.6) is 5.75 Å². The topological polar surface area (TPSA) is 55.0 Å². The molecule has 0 bridgehead atoms. The molecule has 1 atom stereocenters. The maximum Gasteiger partial charge on any atom is 0.166 e. The third-order valence-electron chi connectivity index (χ3n) is 3.71. The van der Waals surface area contributed by atoms with E-state index in [0.29, 0.717) is 6.42 Å². The number of nitrogens with zero attached hydrogens (tertiary/aromatic N) is 1. The quantitative estimate of drug-likeness (QED) is 0.917. The van der Waals surface area contributed by atoms with Gasteiger partial charge >= 0.3 is 0 Å². The Balaban J connectivity index is 1.83. The first-order chi connectivity index (χ1) is 9.28. The first-order valence-electron chi connectivity index (χ1n) is 6.47. The second-order valence-corrected chi connectivity index (χ2v) is 4.86. The van der Waals surface area contributed by atoms with Gasteiger partial charge in [0.15, 0.2) is 5.78 Å². The van der Waals surface area contributed by atoms with Gasteiger partial charge in [0.2, 0.25) is 0 Å². The van der Waals surface area contributed by atoms with Crippen LogP contribution in [0.4, 0.5) is 0 Å². The standard InChI is InChI=1S/C15H16N2O2/c1-19-12-4-5-13-10(8-12)2-3-11(15(13)18)9-14-16-6-7-17-14/h4-8,11H,2-3,9H2,1H3,(H,16,17). The van der Waals surface area contributed by atoms with Gasteiger partial charge < -0.3 is 9.72 Å². The number of imidazole rings is 1. The summed E-state index contributed by atoms with van der Waals surface area (Å²) in [7, 11) is 1.64. The van der Waals surface area contributed by atoms with Gasteiger partial charge in [-0.2, -0.15) is 0 Å². The van der Waals surface area contributed by atoms with Gasteiger partial charge in [-0.05, 0) is 36.6 Å². The van der Waals surface area contributed by atoms with Gasteiger partial charge in [0.05, 0.1) is 7.11 Å². The van der Waals surface area contributed by atoms with Crippen molar-refractivity contribution in [3.05, 3.63) is 47.5 Å². The molecule has 1 heterocycles. The van der Waals surface area contributed by atoms with Gasteiger partial charge in [-0.15, -0.1) is 0 Å². The Morgan fingerprint density at radius 2 is 2.37 bits per heavy atom. The number of carbonyl (C=O) groups is 1. The number of aromatic amines is 1. The van der Waals surface area contributed by atoms with E-state index in [-0.39, 0.29) is 11.7 Å². The first kappa shape index (κ1) is 12.0. The van der Waals surface area contributed by atoms with Crippen molar-refractivity contribution in [3.63, 3.8) is 0 Å². The SMILES string of the molecule is COc1ccc2c(c1)CCC(Cc1ncc[nH]1)C2=O. The van der Waals surface area contributed by atoms with E-state index in [1.807, 2.05) is 18.2 Å². The number of carbonyl (C=O) groups excluding carboxylic acids is 1. The highest BCUT2D eigenvalue weighted by molar-refractivity contribution is 6.00. The lowest BCUT2D eigenvalue weighted by Gasteiger charge is -2.23. The van der Waals surface area contributed by atoms with Crippen LogP contribution in [-0.2, 0) is 12.8 Å². The molecule has 0 saturated heterocycles. The number of Topliss-reactive ketones (excluding diaryl/α,β-unsaturated/α-hetero) is 1. The van der Waals surface area contributed by atoms with E-state index >= 15 is 0 Å². The molecule has 1 N–H and O–H groups in total. The molecule has 0 spiro atoms. The lowest BCUT2D eigenvalue weighted by Crippen LogP contribution is -2.24. The highest BCUT2D eigenvalue weighted by Crippen LogP contribution is 2.29. The Kier molecular flexibility index (Phi) is 3.07. The molecule has 0 aliphatic heterocycles. The van der Waals surface area contributed by atoms with Crippen molar-refractivity contribution in [3.8, 4) is 5.75 Å². The van der Waals surface area contributed by atoms with Gasteiger partial charge in [0, 0.05) is 30.3 Å². The first-order valence-corrected chi connectivity index (χ1v) is 6.47. The molecule has 19 heavy (non-hydrogen) atoms. The van der Waals surface area contributed by atoms with Crippen molar-refractivity contribution < 1.29 is 9.53 Å². The molecule has 1 aliphatic rings. The summed E-state index contributed by atoms with van der Waals surface area (Å²) in [6, 6.07) is 5.70. The summed E-state index contributed by atoms with van der Waals surface area (Å²) in [4.78, 5) is 19.7. The Labute approximate surface area is 111 Å². The lowest BCUT2D eigenvalue weighted by atomic mass is 9.81. The smallest absolute Gasteiger partial charge is 0.166 e. The third kappa shape index (κ3) is 2.26. The number of aryl methyl sites for hydroxylation is 1. The number of fused-ring (bicyclic) bond motifs is 1. The van der Waals surface area contributed by atoms with Crippen molar-refractivity contribution in [2.45, 2.75) is 19.3 Å². The van der Waals surface area contributed by atoms with Crippen LogP contribution in [0.2, 0.25) is 0 Å². The van der Waals surface area contributed by atoms with E-state index in [4.69, 9.17) is 4.74 Å². The predicted octanol–water partition coefficient (Wildman–Crippen LogP) is 2.41. The summed E-state index contributed by atoms with van der Waals surface area (Å²) in [6.45, 7) is 0. The van der Waals surface area contributed by atoms with E-state index in [1.165, 1.54) is 0 Å². The molecule has 3 rings (SSSR count). The number of rotatable bonds is 3. The van der Waals surface area contributed by atoms with Gasteiger partial charge in [0.1, 0.15) is 11.6 Å². The highest BCUT2D eigenvalue weighted by Gasteiger charge is 2.28.